The molecular formula is C16H14F2N2O2. The lowest BCUT2D eigenvalue weighted by molar-refractivity contribution is -0.119. The molecule has 3 N–H and O–H groups in total. The first-order chi connectivity index (χ1) is 10.5. The number of nitrogens with one attached hydrogen (secondary N) is 1. The van der Waals surface area contributed by atoms with Crippen molar-refractivity contribution in [2.45, 2.75) is 12.5 Å². The summed E-state index contributed by atoms with van der Waals surface area (Å²) in [6, 6.07) is 9.62. The number of carbonyl (C=O) groups excluding carboxylic acids is 2. The van der Waals surface area contributed by atoms with Crippen molar-refractivity contribution in [1.29, 1.82) is 0 Å². The van der Waals surface area contributed by atoms with Gasteiger partial charge in [-0.2, -0.15) is 0 Å². The van der Waals surface area contributed by atoms with Crippen LogP contribution in [0, 0.1) is 11.6 Å². The molecule has 2 aromatic rings. The van der Waals surface area contributed by atoms with E-state index in [1.807, 2.05) is 0 Å². The van der Waals surface area contributed by atoms with Crippen LogP contribution >= 0.6 is 0 Å². The molecule has 1 atom stereocenters. The van der Waals surface area contributed by atoms with Crippen LogP contribution in [0.25, 0.3) is 0 Å². The number of benzene rings is 2. The van der Waals surface area contributed by atoms with E-state index in [1.54, 1.807) is 0 Å². The van der Waals surface area contributed by atoms with Gasteiger partial charge < -0.3 is 11.1 Å². The number of hydrogen-bond acceptors (Lipinski definition) is 2. The summed E-state index contributed by atoms with van der Waals surface area (Å²) in [5.41, 5.74) is 6.00. The summed E-state index contributed by atoms with van der Waals surface area (Å²) >= 11 is 0. The Morgan fingerprint density at radius 3 is 2.32 bits per heavy atom. The number of primary amides is 1. The Kier molecular flexibility index (Phi) is 4.83. The van der Waals surface area contributed by atoms with E-state index in [0.717, 1.165) is 6.07 Å². The Balaban J connectivity index is 2.10. The van der Waals surface area contributed by atoms with Gasteiger partial charge in [-0.15, -0.1) is 0 Å². The lowest BCUT2D eigenvalue weighted by Crippen LogP contribution is -2.45. The molecule has 0 radical (unpaired) electrons. The Morgan fingerprint density at radius 1 is 1.05 bits per heavy atom. The molecule has 4 nitrogen and oxygen atoms in total. The molecule has 0 unspecified atom stereocenters. The first kappa shape index (κ1) is 15.6. The minimum atomic E-state index is -0.971. The minimum Gasteiger partial charge on any atom is -0.368 e. The van der Waals surface area contributed by atoms with E-state index in [2.05, 4.69) is 5.32 Å². The van der Waals surface area contributed by atoms with Gasteiger partial charge in [0.05, 0.1) is 0 Å². The maximum Gasteiger partial charge on any atom is 0.252 e. The zero-order valence-electron chi connectivity index (χ0n) is 11.6. The van der Waals surface area contributed by atoms with Crippen molar-refractivity contribution < 1.29 is 18.4 Å². The van der Waals surface area contributed by atoms with Gasteiger partial charge in [-0.1, -0.05) is 18.2 Å². The molecule has 22 heavy (non-hydrogen) atoms. The zero-order valence-corrected chi connectivity index (χ0v) is 11.6. The molecule has 114 valence electrons. The highest BCUT2D eigenvalue weighted by atomic mass is 19.1. The first-order valence-electron chi connectivity index (χ1n) is 6.56. The normalized spacial score (nSPS) is 11.7. The number of carbonyl (C=O) groups is 2. The standard InChI is InChI=1S/C16H14F2N2O2/c17-12-6-4-10(5-7-12)8-14(15(19)21)20-16(22)11-2-1-3-13(18)9-11/h1-7,9,14H,8H2,(H2,19,21)(H,20,22)/t14-/m0/s1. The quantitative estimate of drug-likeness (QED) is 0.884. The average Bonchev–Trinajstić information content (AvgIpc) is 2.48. The van der Waals surface area contributed by atoms with Gasteiger partial charge in [0.25, 0.3) is 5.91 Å². The molecule has 2 amide bonds. The second-order valence-electron chi connectivity index (χ2n) is 4.77. The summed E-state index contributed by atoms with van der Waals surface area (Å²) in [5, 5.41) is 2.45. The Labute approximate surface area is 125 Å². The fourth-order valence-corrected chi connectivity index (χ4v) is 1.95. The molecule has 0 bridgehead atoms. The lowest BCUT2D eigenvalue weighted by Gasteiger charge is -2.15. The molecule has 0 spiro atoms. The third-order valence-corrected chi connectivity index (χ3v) is 3.09. The van der Waals surface area contributed by atoms with Crippen LogP contribution in [0.5, 0.6) is 0 Å². The van der Waals surface area contributed by atoms with Crippen LogP contribution in [0.4, 0.5) is 8.78 Å². The Hall–Kier alpha value is -2.76. The van der Waals surface area contributed by atoms with Crippen LogP contribution in [0.2, 0.25) is 0 Å². The second-order valence-corrected chi connectivity index (χ2v) is 4.77. The van der Waals surface area contributed by atoms with E-state index in [-0.39, 0.29) is 12.0 Å². The molecule has 0 aliphatic heterocycles. The van der Waals surface area contributed by atoms with Gasteiger partial charge >= 0.3 is 0 Å². The molecule has 2 rings (SSSR count). The fourth-order valence-electron chi connectivity index (χ4n) is 1.95. The monoisotopic (exact) mass is 304 g/mol. The summed E-state index contributed by atoms with van der Waals surface area (Å²) in [6.07, 6.45) is 0.122. The van der Waals surface area contributed by atoms with Crippen LogP contribution in [0.3, 0.4) is 0 Å². The fraction of sp³-hybridized carbons (Fsp3) is 0.125. The Bertz CT molecular complexity index is 687. The molecule has 0 aliphatic carbocycles. The van der Waals surface area contributed by atoms with E-state index in [9.17, 15) is 18.4 Å². The van der Waals surface area contributed by atoms with Crippen LogP contribution in [-0.2, 0) is 11.2 Å². The van der Waals surface area contributed by atoms with Crippen molar-refractivity contribution in [2.75, 3.05) is 0 Å². The third kappa shape index (κ3) is 4.12. The molecule has 2 aromatic carbocycles. The molecule has 0 saturated carbocycles. The summed E-state index contributed by atoms with van der Waals surface area (Å²) in [6.45, 7) is 0. The molecule has 6 heteroatoms. The summed E-state index contributed by atoms with van der Waals surface area (Å²) < 4.78 is 26.0. The average molecular weight is 304 g/mol. The number of hydrogen-bond donors (Lipinski definition) is 2. The highest BCUT2D eigenvalue weighted by Gasteiger charge is 2.19. The lowest BCUT2D eigenvalue weighted by atomic mass is 10.0. The summed E-state index contributed by atoms with van der Waals surface area (Å²) in [7, 11) is 0. The largest absolute Gasteiger partial charge is 0.368 e. The smallest absolute Gasteiger partial charge is 0.252 e. The van der Waals surface area contributed by atoms with Crippen molar-refractivity contribution in [3.8, 4) is 0 Å². The van der Waals surface area contributed by atoms with Crippen molar-refractivity contribution in [3.05, 3.63) is 71.3 Å². The maximum atomic E-state index is 13.1. The number of halogens is 2. The van der Waals surface area contributed by atoms with E-state index in [0.29, 0.717) is 5.56 Å². The predicted octanol–water partition coefficient (Wildman–Crippen LogP) is 1.79. The van der Waals surface area contributed by atoms with Gasteiger partial charge in [0, 0.05) is 12.0 Å². The highest BCUT2D eigenvalue weighted by Crippen LogP contribution is 2.08. The summed E-state index contributed by atoms with van der Waals surface area (Å²) in [4.78, 5) is 23.5. The third-order valence-electron chi connectivity index (χ3n) is 3.09. The molecule has 0 aliphatic rings. The van der Waals surface area contributed by atoms with Gasteiger partial charge in [0.1, 0.15) is 17.7 Å². The van der Waals surface area contributed by atoms with Crippen LogP contribution < -0.4 is 11.1 Å². The van der Waals surface area contributed by atoms with Crippen LogP contribution in [0.15, 0.2) is 48.5 Å². The van der Waals surface area contributed by atoms with Gasteiger partial charge in [-0.05, 0) is 35.9 Å². The molecular weight excluding hydrogens is 290 g/mol. The van der Waals surface area contributed by atoms with E-state index in [4.69, 9.17) is 5.73 Å². The van der Waals surface area contributed by atoms with Crippen molar-refractivity contribution >= 4 is 11.8 Å². The van der Waals surface area contributed by atoms with Crippen molar-refractivity contribution in [2.24, 2.45) is 5.73 Å². The molecule has 0 heterocycles. The predicted molar refractivity (Wildman–Crippen MR) is 77.0 cm³/mol. The maximum absolute atomic E-state index is 13.1. The molecule has 0 aromatic heterocycles. The minimum absolute atomic E-state index is 0.0883. The van der Waals surface area contributed by atoms with Gasteiger partial charge in [0.15, 0.2) is 0 Å². The first-order valence-corrected chi connectivity index (χ1v) is 6.56. The topological polar surface area (TPSA) is 72.2 Å². The van der Waals surface area contributed by atoms with Crippen LogP contribution in [-0.4, -0.2) is 17.9 Å². The highest BCUT2D eigenvalue weighted by molar-refractivity contribution is 5.97. The van der Waals surface area contributed by atoms with Crippen LogP contribution in [0.1, 0.15) is 15.9 Å². The number of amides is 2. The summed E-state index contributed by atoms with van der Waals surface area (Å²) in [5.74, 6) is -2.29. The SMILES string of the molecule is NC(=O)[C@H](Cc1ccc(F)cc1)NC(=O)c1cccc(F)c1. The molecule has 0 saturated heterocycles. The van der Waals surface area contributed by atoms with E-state index >= 15 is 0 Å². The van der Waals surface area contributed by atoms with Crippen molar-refractivity contribution in [1.82, 2.24) is 5.32 Å². The zero-order chi connectivity index (χ0) is 16.1. The van der Waals surface area contributed by atoms with Gasteiger partial charge in [0.2, 0.25) is 5.91 Å². The van der Waals surface area contributed by atoms with Gasteiger partial charge in [-0.3, -0.25) is 9.59 Å². The molecule has 0 fully saturated rings. The van der Waals surface area contributed by atoms with Gasteiger partial charge in [-0.25, -0.2) is 8.78 Å². The van der Waals surface area contributed by atoms with E-state index in [1.165, 1.54) is 42.5 Å². The number of rotatable bonds is 5. The van der Waals surface area contributed by atoms with Crippen molar-refractivity contribution in [3.63, 3.8) is 0 Å². The Morgan fingerprint density at radius 2 is 1.73 bits per heavy atom. The number of nitrogens with two attached hydrogens (primary N) is 1. The second kappa shape index (κ2) is 6.80. The van der Waals surface area contributed by atoms with E-state index < -0.39 is 29.5 Å².